The molecule has 43 heavy (non-hydrogen) atoms. The fourth-order valence-electron chi connectivity index (χ4n) is 7.65. The average molecular weight is 613 g/mol. The minimum atomic E-state index is -4.22. The number of aliphatic hydroxyl groups excluding tert-OH is 2. The number of anilines is 2. The fourth-order valence-corrected chi connectivity index (χ4v) is 7.65. The molecule has 11 nitrogen and oxygen atoms in total. The molecular weight excluding hydrogens is 565 g/mol. The van der Waals surface area contributed by atoms with E-state index in [0.717, 1.165) is 37.1 Å². The molecule has 4 unspecified atom stereocenters. The summed E-state index contributed by atoms with van der Waals surface area (Å²) in [5.41, 5.74) is 8.11. The second-order valence-electron chi connectivity index (χ2n) is 13.4. The highest BCUT2D eigenvalue weighted by Crippen LogP contribution is 2.40. The number of aliphatic hydroxyl groups is 2. The number of rotatable bonds is 9. The summed E-state index contributed by atoms with van der Waals surface area (Å²) in [6, 6.07) is 5.46. The first-order valence-corrected chi connectivity index (χ1v) is 15.6. The molecule has 1 aliphatic carbocycles. The van der Waals surface area contributed by atoms with Gasteiger partial charge in [0, 0.05) is 18.6 Å². The molecule has 5 aliphatic rings. The second kappa shape index (κ2) is 12.2. The van der Waals surface area contributed by atoms with Crippen LogP contribution in [0.25, 0.3) is 0 Å². The first-order valence-electron chi connectivity index (χ1n) is 15.6. The zero-order chi connectivity index (χ0) is 30.6. The molecule has 242 valence electrons. The number of hydrogen-bond donors (Lipinski definition) is 7. The Morgan fingerprint density at radius 1 is 1.07 bits per heavy atom. The van der Waals surface area contributed by atoms with E-state index in [-0.39, 0.29) is 36.1 Å². The third-order valence-electron chi connectivity index (χ3n) is 10.00. The molecule has 1 saturated carbocycles. The lowest BCUT2D eigenvalue weighted by molar-refractivity contribution is -0.130. The standard InChI is InChI=1S/C29H47F3N8O3/c1-15(2)39(12-21-24(41)25(42)28(43-21)40-14-34-23-26(33)35-13-38(3)27(23)40)18-8-16(9-18)5-7-22-36-19-6-4-17(10-20(19)37-22)11-29(30,31)32/h4,6,10,15-16,18,21-28,34-37,41-42H,5,7-9,11-14,33H2,1-3H3/t16-,18-,21-,22?,23?,24-,25-,26?,27?,28-/m1/s1. The van der Waals surface area contributed by atoms with E-state index in [9.17, 15) is 23.4 Å². The van der Waals surface area contributed by atoms with Crippen LogP contribution < -0.4 is 27.0 Å². The second-order valence-corrected chi connectivity index (χ2v) is 13.4. The van der Waals surface area contributed by atoms with Gasteiger partial charge in [-0.1, -0.05) is 6.07 Å². The van der Waals surface area contributed by atoms with Crippen LogP contribution in [0.2, 0.25) is 0 Å². The van der Waals surface area contributed by atoms with E-state index in [4.69, 9.17) is 10.5 Å². The van der Waals surface area contributed by atoms with E-state index in [0.29, 0.717) is 31.8 Å². The molecule has 4 heterocycles. The van der Waals surface area contributed by atoms with Gasteiger partial charge >= 0.3 is 6.18 Å². The maximum Gasteiger partial charge on any atom is 0.393 e. The molecule has 1 aromatic carbocycles. The van der Waals surface area contributed by atoms with Crippen molar-refractivity contribution in [2.24, 2.45) is 11.7 Å². The Kier molecular flexibility index (Phi) is 8.87. The average Bonchev–Trinajstić information content (AvgIpc) is 3.60. The summed E-state index contributed by atoms with van der Waals surface area (Å²) in [5, 5.41) is 35.5. The van der Waals surface area contributed by atoms with Crippen LogP contribution in [0.5, 0.6) is 0 Å². The predicted molar refractivity (Wildman–Crippen MR) is 157 cm³/mol. The molecule has 0 aromatic heterocycles. The van der Waals surface area contributed by atoms with Crippen molar-refractivity contribution in [3.8, 4) is 0 Å². The Morgan fingerprint density at radius 3 is 2.53 bits per heavy atom. The van der Waals surface area contributed by atoms with E-state index in [1.54, 1.807) is 12.1 Å². The number of ether oxygens (including phenoxy) is 1. The van der Waals surface area contributed by atoms with Gasteiger partial charge in [-0.2, -0.15) is 13.2 Å². The Bertz CT molecular complexity index is 1120. The topological polar surface area (TPSA) is 134 Å². The number of halogens is 3. The number of nitrogens with two attached hydrogens (primary N) is 1. The molecule has 0 bridgehead atoms. The van der Waals surface area contributed by atoms with Crippen LogP contribution in [0.1, 0.15) is 45.1 Å². The molecule has 0 amide bonds. The van der Waals surface area contributed by atoms with Gasteiger partial charge in [-0.3, -0.25) is 20.4 Å². The van der Waals surface area contributed by atoms with Crippen molar-refractivity contribution in [1.82, 2.24) is 25.3 Å². The van der Waals surface area contributed by atoms with Gasteiger partial charge in [0.1, 0.15) is 24.5 Å². The van der Waals surface area contributed by atoms with Gasteiger partial charge in [-0.15, -0.1) is 0 Å². The number of benzene rings is 1. The van der Waals surface area contributed by atoms with Crippen molar-refractivity contribution >= 4 is 11.4 Å². The highest BCUT2D eigenvalue weighted by atomic mass is 19.4. The molecule has 8 atom stereocenters. The number of likely N-dealkylation sites (N-methyl/N-ethyl adjacent to an activating group) is 1. The first-order chi connectivity index (χ1) is 20.4. The van der Waals surface area contributed by atoms with Crippen molar-refractivity contribution in [1.29, 1.82) is 0 Å². The number of nitrogens with one attached hydrogen (secondary N) is 4. The largest absolute Gasteiger partial charge is 0.393 e. The van der Waals surface area contributed by atoms with E-state index in [1.165, 1.54) is 6.07 Å². The summed E-state index contributed by atoms with van der Waals surface area (Å²) in [6.45, 7) is 5.98. The van der Waals surface area contributed by atoms with Crippen LogP contribution in [0.4, 0.5) is 24.5 Å². The number of hydrogen-bond acceptors (Lipinski definition) is 11. The summed E-state index contributed by atoms with van der Waals surface area (Å²) < 4.78 is 44.8. The lowest BCUT2D eigenvalue weighted by atomic mass is 9.76. The zero-order valence-electron chi connectivity index (χ0n) is 25.1. The maximum absolute atomic E-state index is 12.8. The Hall–Kier alpha value is -1.75. The molecule has 0 radical (unpaired) electrons. The van der Waals surface area contributed by atoms with Crippen molar-refractivity contribution in [2.45, 2.75) is 113 Å². The molecule has 3 saturated heterocycles. The van der Waals surface area contributed by atoms with Gasteiger partial charge in [0.05, 0.1) is 55.7 Å². The first kappa shape index (κ1) is 31.2. The lowest BCUT2D eigenvalue weighted by Crippen LogP contribution is -2.68. The monoisotopic (exact) mass is 612 g/mol. The number of nitrogens with zero attached hydrogens (tertiary/aromatic N) is 3. The van der Waals surface area contributed by atoms with Gasteiger partial charge in [-0.05, 0) is 70.2 Å². The van der Waals surface area contributed by atoms with Gasteiger partial charge in [0.15, 0.2) is 0 Å². The minimum absolute atomic E-state index is 0.00469. The molecule has 0 spiro atoms. The Morgan fingerprint density at radius 2 is 1.81 bits per heavy atom. The minimum Gasteiger partial charge on any atom is -0.387 e. The van der Waals surface area contributed by atoms with Crippen molar-refractivity contribution < 1.29 is 28.1 Å². The van der Waals surface area contributed by atoms with E-state index >= 15 is 0 Å². The predicted octanol–water partition coefficient (Wildman–Crippen LogP) is 1.01. The van der Waals surface area contributed by atoms with E-state index < -0.39 is 37.1 Å². The van der Waals surface area contributed by atoms with Crippen molar-refractivity contribution in [3.05, 3.63) is 23.8 Å². The summed E-state index contributed by atoms with van der Waals surface area (Å²) in [5.74, 6) is 0.555. The van der Waals surface area contributed by atoms with Gasteiger partial charge < -0.3 is 31.3 Å². The van der Waals surface area contributed by atoms with Gasteiger partial charge in [-0.25, -0.2) is 4.90 Å². The SMILES string of the molecule is CC(C)N(C[C@H]1O[C@@H](N2CNC3C(N)NCN(C)C32)[C@H](O)[C@@H]1O)[C@H]1C[C@H](CCC2Nc3ccc(CC(F)(F)F)cc3N2)C1. The van der Waals surface area contributed by atoms with E-state index in [1.807, 2.05) is 7.05 Å². The Labute approximate surface area is 251 Å². The van der Waals surface area contributed by atoms with E-state index in [2.05, 4.69) is 49.8 Å². The highest BCUT2D eigenvalue weighted by Gasteiger charge is 2.53. The van der Waals surface area contributed by atoms with Crippen LogP contribution in [0.15, 0.2) is 18.2 Å². The van der Waals surface area contributed by atoms with Crippen molar-refractivity contribution in [2.75, 3.05) is 37.6 Å². The normalized spacial score (nSPS) is 38.2. The molecule has 1 aromatic rings. The van der Waals surface area contributed by atoms with Crippen LogP contribution in [0.3, 0.4) is 0 Å². The third-order valence-corrected chi connectivity index (χ3v) is 10.00. The Balaban J connectivity index is 0.983. The zero-order valence-corrected chi connectivity index (χ0v) is 25.1. The van der Waals surface area contributed by atoms with Crippen LogP contribution in [-0.4, -0.2) is 119 Å². The van der Waals surface area contributed by atoms with Crippen molar-refractivity contribution in [3.63, 3.8) is 0 Å². The lowest BCUT2D eigenvalue weighted by Gasteiger charge is -2.46. The van der Waals surface area contributed by atoms with Crippen LogP contribution in [0, 0.1) is 5.92 Å². The maximum atomic E-state index is 12.8. The van der Waals surface area contributed by atoms with Crippen LogP contribution >= 0.6 is 0 Å². The summed E-state index contributed by atoms with van der Waals surface area (Å²) >= 11 is 0. The van der Waals surface area contributed by atoms with Gasteiger partial charge in [0.25, 0.3) is 0 Å². The molecule has 14 heteroatoms. The summed E-state index contributed by atoms with van der Waals surface area (Å²) in [6.07, 6.45) is -4.57. The number of fused-ring (bicyclic) bond motifs is 2. The molecule has 4 fully saturated rings. The molecule has 8 N–H and O–H groups in total. The quantitative estimate of drug-likeness (QED) is 0.216. The smallest absolute Gasteiger partial charge is 0.387 e. The number of alkyl halides is 3. The summed E-state index contributed by atoms with van der Waals surface area (Å²) in [4.78, 5) is 6.60. The molecular formula is C29H47F3N8O3. The highest BCUT2D eigenvalue weighted by molar-refractivity contribution is 5.75. The fraction of sp³-hybridized carbons (Fsp3) is 0.793. The van der Waals surface area contributed by atoms with Gasteiger partial charge in [0.2, 0.25) is 0 Å². The molecule has 4 aliphatic heterocycles. The third kappa shape index (κ3) is 6.49. The summed E-state index contributed by atoms with van der Waals surface area (Å²) in [7, 11) is 2.01. The van der Waals surface area contributed by atoms with Crippen LogP contribution in [-0.2, 0) is 11.2 Å². The molecule has 6 rings (SSSR count).